The number of nitrogens with two attached hydrogens (primary N) is 1. The van der Waals surface area contributed by atoms with Gasteiger partial charge in [0.2, 0.25) is 15.9 Å². The summed E-state index contributed by atoms with van der Waals surface area (Å²) in [7, 11) is -3.41. The predicted octanol–water partition coefficient (Wildman–Crippen LogP) is -0.0318. The zero-order valence-electron chi connectivity index (χ0n) is 9.06. The summed E-state index contributed by atoms with van der Waals surface area (Å²) in [4.78, 5) is 11.3. The van der Waals surface area contributed by atoms with Crippen LogP contribution >= 0.6 is 0 Å². The van der Waals surface area contributed by atoms with Crippen LogP contribution in [0.4, 0.5) is 0 Å². The third-order valence-electron chi connectivity index (χ3n) is 2.50. The van der Waals surface area contributed by atoms with E-state index in [0.29, 0.717) is 12.8 Å². The van der Waals surface area contributed by atoms with Gasteiger partial charge in [-0.25, -0.2) is 8.42 Å². The number of hydrogen-bond acceptors (Lipinski definition) is 4. The average Bonchev–Trinajstić information content (AvgIpc) is 2.83. The molecule has 1 atom stereocenters. The number of nitrogens with one attached hydrogen (secondary N) is 1. The summed E-state index contributed by atoms with van der Waals surface area (Å²) in [6.45, 7) is 3.79. The number of carbonyl (C=O) groups excluding carboxylic acids is 1. The standard InChI is InChI=1S/C9H18N2O3S/c1-6(2)8(10)5-9(12)11-15(13,14)7-3-4-7/h6-8H,3-5,10H2,1-2H3,(H,11,12). The summed E-state index contributed by atoms with van der Waals surface area (Å²) in [5.41, 5.74) is 5.67. The maximum Gasteiger partial charge on any atom is 0.237 e. The second-order valence-corrected chi connectivity index (χ2v) is 6.34. The molecule has 1 unspecified atom stereocenters. The Morgan fingerprint density at radius 1 is 1.47 bits per heavy atom. The Hall–Kier alpha value is -0.620. The van der Waals surface area contributed by atoms with E-state index in [1.54, 1.807) is 0 Å². The predicted molar refractivity (Wildman–Crippen MR) is 57.5 cm³/mol. The molecule has 3 N–H and O–H groups in total. The first kappa shape index (κ1) is 12.4. The van der Waals surface area contributed by atoms with Gasteiger partial charge in [0.15, 0.2) is 0 Å². The van der Waals surface area contributed by atoms with E-state index in [-0.39, 0.29) is 23.6 Å². The van der Waals surface area contributed by atoms with Gasteiger partial charge in [-0.3, -0.25) is 9.52 Å². The van der Waals surface area contributed by atoms with Crippen molar-refractivity contribution >= 4 is 15.9 Å². The van der Waals surface area contributed by atoms with Crippen molar-refractivity contribution in [2.45, 2.75) is 44.4 Å². The van der Waals surface area contributed by atoms with Gasteiger partial charge < -0.3 is 5.73 Å². The third-order valence-corrected chi connectivity index (χ3v) is 4.36. The lowest BCUT2D eigenvalue weighted by atomic mass is 10.0. The Morgan fingerprint density at radius 3 is 2.40 bits per heavy atom. The van der Waals surface area contributed by atoms with Gasteiger partial charge in [-0.05, 0) is 18.8 Å². The lowest BCUT2D eigenvalue weighted by Gasteiger charge is -2.14. The molecule has 0 saturated heterocycles. The summed E-state index contributed by atoms with van der Waals surface area (Å²) >= 11 is 0. The highest BCUT2D eigenvalue weighted by atomic mass is 32.2. The molecule has 0 radical (unpaired) electrons. The van der Waals surface area contributed by atoms with Gasteiger partial charge in [-0.2, -0.15) is 0 Å². The van der Waals surface area contributed by atoms with Gasteiger partial charge in [0.25, 0.3) is 0 Å². The molecule has 1 rings (SSSR count). The second kappa shape index (κ2) is 4.49. The van der Waals surface area contributed by atoms with E-state index < -0.39 is 15.9 Å². The molecule has 5 nitrogen and oxygen atoms in total. The molecule has 0 heterocycles. The fourth-order valence-electron chi connectivity index (χ4n) is 1.11. The molecule has 0 aromatic heterocycles. The van der Waals surface area contributed by atoms with Crippen molar-refractivity contribution in [1.82, 2.24) is 4.72 Å². The zero-order chi connectivity index (χ0) is 11.6. The molecular weight excluding hydrogens is 216 g/mol. The highest BCUT2D eigenvalue weighted by molar-refractivity contribution is 7.90. The van der Waals surface area contributed by atoms with Gasteiger partial charge >= 0.3 is 0 Å². The lowest BCUT2D eigenvalue weighted by Crippen LogP contribution is -2.38. The Labute approximate surface area is 90.5 Å². The van der Waals surface area contributed by atoms with Crippen molar-refractivity contribution in [3.63, 3.8) is 0 Å². The van der Waals surface area contributed by atoms with Crippen LogP contribution in [0.5, 0.6) is 0 Å². The van der Waals surface area contributed by atoms with Gasteiger partial charge in [0.05, 0.1) is 5.25 Å². The van der Waals surface area contributed by atoms with E-state index in [1.807, 2.05) is 13.8 Å². The molecule has 1 fully saturated rings. The molecule has 15 heavy (non-hydrogen) atoms. The minimum Gasteiger partial charge on any atom is -0.327 e. The summed E-state index contributed by atoms with van der Waals surface area (Å²) in [5, 5.41) is -0.364. The Morgan fingerprint density at radius 2 is 2.00 bits per heavy atom. The number of hydrogen-bond donors (Lipinski definition) is 2. The average molecular weight is 234 g/mol. The second-order valence-electron chi connectivity index (χ2n) is 4.38. The van der Waals surface area contributed by atoms with Crippen LogP contribution in [-0.2, 0) is 14.8 Å². The van der Waals surface area contributed by atoms with Crippen molar-refractivity contribution in [3.05, 3.63) is 0 Å². The van der Waals surface area contributed by atoms with Crippen LogP contribution in [0.3, 0.4) is 0 Å². The largest absolute Gasteiger partial charge is 0.327 e. The Bertz CT molecular complexity index is 333. The van der Waals surface area contributed by atoms with Crippen molar-refractivity contribution in [3.8, 4) is 0 Å². The van der Waals surface area contributed by atoms with Crippen molar-refractivity contribution in [2.75, 3.05) is 0 Å². The maximum absolute atomic E-state index is 11.4. The maximum atomic E-state index is 11.4. The van der Waals surface area contributed by atoms with Crippen LogP contribution in [-0.4, -0.2) is 25.6 Å². The Balaban J connectivity index is 2.42. The van der Waals surface area contributed by atoms with Crippen LogP contribution < -0.4 is 10.5 Å². The first-order chi connectivity index (χ1) is 6.83. The number of amides is 1. The number of sulfonamides is 1. The normalized spacial score (nSPS) is 18.9. The molecule has 6 heteroatoms. The molecule has 1 saturated carbocycles. The van der Waals surface area contributed by atoms with Gasteiger partial charge in [0, 0.05) is 12.5 Å². The first-order valence-corrected chi connectivity index (χ1v) is 6.67. The van der Waals surface area contributed by atoms with Crippen LogP contribution in [0.2, 0.25) is 0 Å². The van der Waals surface area contributed by atoms with Crippen LogP contribution in [0.15, 0.2) is 0 Å². The first-order valence-electron chi connectivity index (χ1n) is 5.13. The molecule has 1 amide bonds. The molecule has 0 aliphatic heterocycles. The van der Waals surface area contributed by atoms with E-state index in [9.17, 15) is 13.2 Å². The van der Waals surface area contributed by atoms with Gasteiger partial charge in [-0.15, -0.1) is 0 Å². The SMILES string of the molecule is CC(C)C(N)CC(=O)NS(=O)(=O)C1CC1. The molecule has 0 aromatic rings. The molecule has 1 aliphatic rings. The van der Waals surface area contributed by atoms with Crippen LogP contribution in [0.25, 0.3) is 0 Å². The van der Waals surface area contributed by atoms with E-state index in [0.717, 1.165) is 0 Å². The fraction of sp³-hybridized carbons (Fsp3) is 0.889. The smallest absolute Gasteiger partial charge is 0.237 e. The van der Waals surface area contributed by atoms with Gasteiger partial charge in [0.1, 0.15) is 0 Å². The van der Waals surface area contributed by atoms with E-state index in [4.69, 9.17) is 5.73 Å². The zero-order valence-corrected chi connectivity index (χ0v) is 9.88. The quantitative estimate of drug-likeness (QED) is 0.699. The van der Waals surface area contributed by atoms with E-state index >= 15 is 0 Å². The summed E-state index contributed by atoms with van der Waals surface area (Å²) < 4.78 is 24.8. The van der Waals surface area contributed by atoms with E-state index in [1.165, 1.54) is 0 Å². The molecule has 0 spiro atoms. The monoisotopic (exact) mass is 234 g/mol. The number of carbonyl (C=O) groups is 1. The molecule has 0 bridgehead atoms. The minimum atomic E-state index is -3.41. The van der Waals surface area contributed by atoms with Crippen molar-refractivity contribution < 1.29 is 13.2 Å². The van der Waals surface area contributed by atoms with Gasteiger partial charge in [-0.1, -0.05) is 13.8 Å². The van der Waals surface area contributed by atoms with Crippen LogP contribution in [0, 0.1) is 5.92 Å². The highest BCUT2D eigenvalue weighted by Crippen LogP contribution is 2.27. The lowest BCUT2D eigenvalue weighted by molar-refractivity contribution is -0.119. The van der Waals surface area contributed by atoms with E-state index in [2.05, 4.69) is 4.72 Å². The molecule has 0 aromatic carbocycles. The summed E-state index contributed by atoms with van der Waals surface area (Å²) in [6.07, 6.45) is 1.36. The Kier molecular flexibility index (Phi) is 3.72. The fourth-order valence-corrected chi connectivity index (χ4v) is 2.44. The molecular formula is C9H18N2O3S. The molecule has 88 valence electrons. The number of rotatable bonds is 5. The molecule has 1 aliphatic carbocycles. The topological polar surface area (TPSA) is 89.3 Å². The highest BCUT2D eigenvalue weighted by Gasteiger charge is 2.36. The third kappa shape index (κ3) is 3.79. The summed E-state index contributed by atoms with van der Waals surface area (Å²) in [6, 6.07) is -0.292. The van der Waals surface area contributed by atoms with Crippen molar-refractivity contribution in [2.24, 2.45) is 11.7 Å². The van der Waals surface area contributed by atoms with Crippen LogP contribution in [0.1, 0.15) is 33.1 Å². The van der Waals surface area contributed by atoms with Crippen molar-refractivity contribution in [1.29, 1.82) is 0 Å². The summed E-state index contributed by atoms with van der Waals surface area (Å²) in [5.74, 6) is -0.331. The minimum absolute atomic E-state index is 0.0591.